The fourth-order valence-corrected chi connectivity index (χ4v) is 1.85. The number of aromatic nitrogens is 2. The van der Waals surface area contributed by atoms with Crippen molar-refractivity contribution in [3.05, 3.63) is 36.1 Å². The van der Waals surface area contributed by atoms with E-state index in [4.69, 9.17) is 4.74 Å². The molecular weight excluding hydrogens is 214 g/mol. The second-order valence-electron chi connectivity index (χ2n) is 4.09. The van der Waals surface area contributed by atoms with E-state index in [1.165, 1.54) is 0 Å². The molecule has 1 aromatic rings. The van der Waals surface area contributed by atoms with Crippen LogP contribution in [0.5, 0.6) is 0 Å². The van der Waals surface area contributed by atoms with Crippen LogP contribution in [0.3, 0.4) is 0 Å². The Morgan fingerprint density at radius 2 is 2.24 bits per heavy atom. The molecule has 2 heterocycles. The van der Waals surface area contributed by atoms with E-state index in [2.05, 4.69) is 28.3 Å². The first-order valence-corrected chi connectivity index (χ1v) is 6.25. The molecule has 2 rings (SSSR count). The summed E-state index contributed by atoms with van der Waals surface area (Å²) in [6.07, 6.45) is 8.94. The highest BCUT2D eigenvalue weighted by Gasteiger charge is 2.21. The maximum absolute atomic E-state index is 5.71. The number of allylic oxidation sites excluding steroid dienone is 1. The highest BCUT2D eigenvalue weighted by molar-refractivity contribution is 5.13. The molecule has 1 unspecified atom stereocenters. The van der Waals surface area contributed by atoms with Crippen molar-refractivity contribution in [3.8, 4) is 0 Å². The monoisotopic (exact) mass is 233 g/mol. The molecule has 0 bridgehead atoms. The van der Waals surface area contributed by atoms with Crippen molar-refractivity contribution >= 4 is 0 Å². The Labute approximate surface area is 102 Å². The first-order chi connectivity index (χ1) is 8.42. The van der Waals surface area contributed by atoms with E-state index in [0.29, 0.717) is 0 Å². The minimum absolute atomic E-state index is 0.00329. The SMILES string of the molecule is CCCNC(C1=CCCCO1)c1ncccn1. The Morgan fingerprint density at radius 1 is 1.41 bits per heavy atom. The highest BCUT2D eigenvalue weighted by Crippen LogP contribution is 2.23. The van der Waals surface area contributed by atoms with Crippen LogP contribution in [-0.4, -0.2) is 23.1 Å². The van der Waals surface area contributed by atoms with Gasteiger partial charge < -0.3 is 10.1 Å². The third-order valence-corrected chi connectivity index (χ3v) is 2.69. The number of hydrogen-bond acceptors (Lipinski definition) is 4. The topological polar surface area (TPSA) is 47.0 Å². The van der Waals surface area contributed by atoms with Gasteiger partial charge in [-0.3, -0.25) is 0 Å². The number of nitrogens with one attached hydrogen (secondary N) is 1. The Bertz CT molecular complexity index is 364. The number of ether oxygens (including phenoxy) is 1. The van der Waals surface area contributed by atoms with E-state index in [9.17, 15) is 0 Å². The average molecular weight is 233 g/mol. The summed E-state index contributed by atoms with van der Waals surface area (Å²) in [5.41, 5.74) is 0. The molecule has 0 radical (unpaired) electrons. The number of rotatable bonds is 5. The first-order valence-electron chi connectivity index (χ1n) is 6.25. The minimum Gasteiger partial charge on any atom is -0.496 e. The van der Waals surface area contributed by atoms with Gasteiger partial charge in [-0.05, 0) is 37.9 Å². The average Bonchev–Trinajstić information content (AvgIpc) is 2.42. The molecule has 0 spiro atoms. The molecule has 0 saturated heterocycles. The van der Waals surface area contributed by atoms with Gasteiger partial charge in [-0.2, -0.15) is 0 Å². The van der Waals surface area contributed by atoms with Gasteiger partial charge in [-0.15, -0.1) is 0 Å². The molecule has 1 aromatic heterocycles. The molecule has 92 valence electrons. The van der Waals surface area contributed by atoms with Crippen LogP contribution in [0, 0.1) is 0 Å². The second-order valence-corrected chi connectivity index (χ2v) is 4.09. The second kappa shape index (κ2) is 6.35. The van der Waals surface area contributed by atoms with Crippen LogP contribution in [-0.2, 0) is 4.74 Å². The number of nitrogens with zero attached hydrogens (tertiary/aromatic N) is 2. The van der Waals surface area contributed by atoms with E-state index in [1.54, 1.807) is 12.4 Å². The smallest absolute Gasteiger partial charge is 0.152 e. The molecule has 1 aliphatic rings. The van der Waals surface area contributed by atoms with Crippen molar-refractivity contribution in [2.45, 2.75) is 32.2 Å². The molecule has 1 N–H and O–H groups in total. The summed E-state index contributed by atoms with van der Waals surface area (Å²) in [5.74, 6) is 1.75. The largest absolute Gasteiger partial charge is 0.496 e. The Kier molecular flexibility index (Phi) is 4.50. The van der Waals surface area contributed by atoms with Gasteiger partial charge in [0.2, 0.25) is 0 Å². The molecule has 1 atom stereocenters. The zero-order valence-electron chi connectivity index (χ0n) is 10.2. The van der Waals surface area contributed by atoms with Crippen LogP contribution in [0.1, 0.15) is 38.1 Å². The molecule has 0 fully saturated rings. The third kappa shape index (κ3) is 3.27. The third-order valence-electron chi connectivity index (χ3n) is 2.69. The summed E-state index contributed by atoms with van der Waals surface area (Å²) >= 11 is 0. The fourth-order valence-electron chi connectivity index (χ4n) is 1.85. The fraction of sp³-hybridized carbons (Fsp3) is 0.538. The van der Waals surface area contributed by atoms with Crippen LogP contribution < -0.4 is 5.32 Å². The predicted molar refractivity (Wildman–Crippen MR) is 66.3 cm³/mol. The van der Waals surface area contributed by atoms with Crippen molar-refractivity contribution in [2.75, 3.05) is 13.2 Å². The van der Waals surface area contributed by atoms with Crippen LogP contribution in [0.2, 0.25) is 0 Å². The van der Waals surface area contributed by atoms with Crippen LogP contribution >= 0.6 is 0 Å². The van der Waals surface area contributed by atoms with Crippen molar-refractivity contribution in [1.29, 1.82) is 0 Å². The lowest BCUT2D eigenvalue weighted by Crippen LogP contribution is -2.27. The lowest BCUT2D eigenvalue weighted by atomic mass is 10.1. The van der Waals surface area contributed by atoms with Gasteiger partial charge in [0.1, 0.15) is 11.8 Å². The standard InChI is InChI=1S/C13H19N3O/c1-2-7-14-12(11-6-3-4-10-17-11)13-15-8-5-9-16-13/h5-6,8-9,12,14H,2-4,7,10H2,1H3. The zero-order chi connectivity index (χ0) is 11.9. The van der Waals surface area contributed by atoms with Crippen molar-refractivity contribution in [1.82, 2.24) is 15.3 Å². The molecule has 4 nitrogen and oxygen atoms in total. The summed E-state index contributed by atoms with van der Waals surface area (Å²) in [4.78, 5) is 8.63. The van der Waals surface area contributed by atoms with Crippen molar-refractivity contribution < 1.29 is 4.74 Å². The molecule has 0 aliphatic carbocycles. The molecule has 0 aromatic carbocycles. The Morgan fingerprint density at radius 3 is 2.88 bits per heavy atom. The summed E-state index contributed by atoms with van der Waals surface area (Å²) in [6.45, 7) is 3.87. The minimum atomic E-state index is -0.00329. The van der Waals surface area contributed by atoms with Crippen LogP contribution in [0.15, 0.2) is 30.3 Å². The Balaban J connectivity index is 2.15. The van der Waals surface area contributed by atoms with Gasteiger partial charge in [-0.1, -0.05) is 6.92 Å². The lowest BCUT2D eigenvalue weighted by molar-refractivity contribution is 0.165. The molecule has 17 heavy (non-hydrogen) atoms. The van der Waals surface area contributed by atoms with E-state index >= 15 is 0 Å². The highest BCUT2D eigenvalue weighted by atomic mass is 16.5. The van der Waals surface area contributed by atoms with Gasteiger partial charge in [0.05, 0.1) is 6.61 Å². The van der Waals surface area contributed by atoms with Gasteiger partial charge in [0.15, 0.2) is 5.82 Å². The maximum Gasteiger partial charge on any atom is 0.152 e. The molecular formula is C13H19N3O. The number of hydrogen-bond donors (Lipinski definition) is 1. The molecule has 0 saturated carbocycles. The van der Waals surface area contributed by atoms with E-state index in [0.717, 1.165) is 44.0 Å². The molecule has 4 heteroatoms. The quantitative estimate of drug-likeness (QED) is 0.847. The normalized spacial score (nSPS) is 17.1. The van der Waals surface area contributed by atoms with Gasteiger partial charge in [-0.25, -0.2) is 9.97 Å². The first kappa shape index (κ1) is 12.0. The van der Waals surface area contributed by atoms with Crippen molar-refractivity contribution in [2.24, 2.45) is 0 Å². The maximum atomic E-state index is 5.71. The van der Waals surface area contributed by atoms with E-state index < -0.39 is 0 Å². The summed E-state index contributed by atoms with van der Waals surface area (Å²) in [5, 5.41) is 3.44. The van der Waals surface area contributed by atoms with Crippen LogP contribution in [0.4, 0.5) is 0 Å². The molecule has 1 aliphatic heterocycles. The van der Waals surface area contributed by atoms with Gasteiger partial charge in [0.25, 0.3) is 0 Å². The lowest BCUT2D eigenvalue weighted by Gasteiger charge is -2.23. The summed E-state index contributed by atoms with van der Waals surface area (Å²) < 4.78 is 5.71. The van der Waals surface area contributed by atoms with E-state index in [-0.39, 0.29) is 6.04 Å². The zero-order valence-corrected chi connectivity index (χ0v) is 10.2. The van der Waals surface area contributed by atoms with E-state index in [1.807, 2.05) is 6.07 Å². The van der Waals surface area contributed by atoms with Crippen LogP contribution in [0.25, 0.3) is 0 Å². The van der Waals surface area contributed by atoms with Gasteiger partial charge in [0, 0.05) is 12.4 Å². The molecule has 0 amide bonds. The predicted octanol–water partition coefficient (Wildman–Crippen LogP) is 2.21. The summed E-state index contributed by atoms with van der Waals surface area (Å²) in [6, 6.07) is 1.83. The Hall–Kier alpha value is -1.42. The van der Waals surface area contributed by atoms with Crippen molar-refractivity contribution in [3.63, 3.8) is 0 Å². The summed E-state index contributed by atoms with van der Waals surface area (Å²) in [7, 11) is 0. The van der Waals surface area contributed by atoms with Gasteiger partial charge >= 0.3 is 0 Å².